The molecule has 0 aliphatic carbocycles. The van der Waals surface area contributed by atoms with E-state index in [-0.39, 0.29) is 17.1 Å². The van der Waals surface area contributed by atoms with Crippen LogP contribution in [-0.2, 0) is 0 Å². The SMILES string of the molecule is Cc1nc(NC(C)(C)C)cc(C(=O)Nc2ccccc2C#N)n1. The second-order valence-electron chi connectivity index (χ2n) is 6.17. The third-order valence-corrected chi connectivity index (χ3v) is 2.87. The lowest BCUT2D eigenvalue weighted by Gasteiger charge is -2.21. The maximum atomic E-state index is 12.4. The Morgan fingerprint density at radius 1 is 1.22 bits per heavy atom. The monoisotopic (exact) mass is 309 g/mol. The molecule has 0 spiro atoms. The van der Waals surface area contributed by atoms with Crippen LogP contribution >= 0.6 is 0 Å². The van der Waals surface area contributed by atoms with Crippen LogP contribution in [0, 0.1) is 18.3 Å². The lowest BCUT2D eigenvalue weighted by molar-refractivity contribution is 0.102. The highest BCUT2D eigenvalue weighted by atomic mass is 16.1. The van der Waals surface area contributed by atoms with E-state index in [0.29, 0.717) is 22.9 Å². The molecule has 2 aromatic rings. The molecule has 0 radical (unpaired) electrons. The smallest absolute Gasteiger partial charge is 0.274 e. The van der Waals surface area contributed by atoms with Crippen molar-refractivity contribution in [1.82, 2.24) is 9.97 Å². The van der Waals surface area contributed by atoms with Crippen molar-refractivity contribution in [2.45, 2.75) is 33.2 Å². The van der Waals surface area contributed by atoms with Gasteiger partial charge >= 0.3 is 0 Å². The summed E-state index contributed by atoms with van der Waals surface area (Å²) in [5.41, 5.74) is 0.931. The number of anilines is 2. The molecular weight excluding hydrogens is 290 g/mol. The van der Waals surface area contributed by atoms with Crippen molar-refractivity contribution < 1.29 is 4.79 Å². The number of rotatable bonds is 3. The standard InChI is InChI=1S/C17H19N5O/c1-11-19-14(9-15(20-11)22-17(2,3)4)16(23)21-13-8-6-5-7-12(13)10-18/h5-9H,1-4H3,(H,21,23)(H,19,20,22). The predicted molar refractivity (Wildman–Crippen MR) is 89.3 cm³/mol. The van der Waals surface area contributed by atoms with Gasteiger partial charge in [-0.15, -0.1) is 0 Å². The molecule has 0 bridgehead atoms. The Kier molecular flexibility index (Phi) is 4.60. The molecule has 0 aliphatic heterocycles. The number of amides is 1. The Bertz CT molecular complexity index is 771. The minimum atomic E-state index is -0.379. The number of nitrogens with one attached hydrogen (secondary N) is 2. The van der Waals surface area contributed by atoms with Gasteiger partial charge in [0.25, 0.3) is 5.91 Å². The zero-order valence-electron chi connectivity index (χ0n) is 13.6. The van der Waals surface area contributed by atoms with Crippen LogP contribution in [0.2, 0.25) is 0 Å². The number of benzene rings is 1. The van der Waals surface area contributed by atoms with E-state index in [0.717, 1.165) is 0 Å². The normalized spacial score (nSPS) is 10.7. The van der Waals surface area contributed by atoms with Gasteiger partial charge in [0.1, 0.15) is 23.4 Å². The van der Waals surface area contributed by atoms with E-state index in [2.05, 4.69) is 20.6 Å². The summed E-state index contributed by atoms with van der Waals surface area (Å²) in [7, 11) is 0. The average Bonchev–Trinajstić information content (AvgIpc) is 2.45. The fraction of sp³-hybridized carbons (Fsp3) is 0.294. The number of carbonyl (C=O) groups is 1. The van der Waals surface area contributed by atoms with Gasteiger partial charge in [-0.3, -0.25) is 4.79 Å². The van der Waals surface area contributed by atoms with Crippen LogP contribution in [0.25, 0.3) is 0 Å². The lowest BCUT2D eigenvalue weighted by atomic mass is 10.1. The molecule has 0 saturated carbocycles. The second kappa shape index (κ2) is 6.44. The first-order chi connectivity index (χ1) is 10.8. The van der Waals surface area contributed by atoms with E-state index in [1.54, 1.807) is 37.3 Å². The molecule has 0 unspecified atom stereocenters. The number of nitrogens with zero attached hydrogens (tertiary/aromatic N) is 3. The molecule has 0 fully saturated rings. The Labute approximate surface area is 135 Å². The maximum absolute atomic E-state index is 12.4. The van der Waals surface area contributed by atoms with Crippen LogP contribution in [0.1, 0.15) is 42.6 Å². The molecule has 118 valence electrons. The fourth-order valence-corrected chi connectivity index (χ4v) is 2.01. The highest BCUT2D eigenvalue weighted by molar-refractivity contribution is 6.03. The number of hydrogen-bond acceptors (Lipinski definition) is 5. The molecule has 2 rings (SSSR count). The number of carbonyl (C=O) groups excluding carboxylic acids is 1. The molecule has 6 heteroatoms. The zero-order chi connectivity index (χ0) is 17.0. The maximum Gasteiger partial charge on any atom is 0.274 e. The van der Waals surface area contributed by atoms with Gasteiger partial charge in [0.15, 0.2) is 0 Å². The number of hydrogen-bond donors (Lipinski definition) is 2. The van der Waals surface area contributed by atoms with Crippen molar-refractivity contribution in [2.24, 2.45) is 0 Å². The largest absolute Gasteiger partial charge is 0.365 e. The summed E-state index contributed by atoms with van der Waals surface area (Å²) < 4.78 is 0. The van der Waals surface area contributed by atoms with E-state index in [9.17, 15) is 4.79 Å². The van der Waals surface area contributed by atoms with Crippen molar-refractivity contribution in [3.05, 3.63) is 47.4 Å². The highest BCUT2D eigenvalue weighted by Crippen LogP contribution is 2.17. The van der Waals surface area contributed by atoms with Gasteiger partial charge < -0.3 is 10.6 Å². The van der Waals surface area contributed by atoms with Crippen molar-refractivity contribution in [3.8, 4) is 6.07 Å². The Balaban J connectivity index is 2.27. The third kappa shape index (κ3) is 4.51. The predicted octanol–water partition coefficient (Wildman–Crippen LogP) is 3.12. The van der Waals surface area contributed by atoms with E-state index >= 15 is 0 Å². The molecular formula is C17H19N5O. The Hall–Kier alpha value is -2.94. The van der Waals surface area contributed by atoms with Gasteiger partial charge in [0, 0.05) is 11.6 Å². The number of para-hydroxylation sites is 1. The molecule has 23 heavy (non-hydrogen) atoms. The zero-order valence-corrected chi connectivity index (χ0v) is 13.6. The van der Waals surface area contributed by atoms with Crippen LogP contribution in [0.3, 0.4) is 0 Å². The van der Waals surface area contributed by atoms with E-state index < -0.39 is 0 Å². The molecule has 1 amide bonds. The molecule has 0 aliphatic rings. The summed E-state index contributed by atoms with van der Waals surface area (Å²) >= 11 is 0. The number of nitriles is 1. The molecule has 1 aromatic heterocycles. The highest BCUT2D eigenvalue weighted by Gasteiger charge is 2.15. The summed E-state index contributed by atoms with van der Waals surface area (Å²) in [5, 5.41) is 15.0. The van der Waals surface area contributed by atoms with Gasteiger partial charge in [0.2, 0.25) is 0 Å². The summed E-state index contributed by atoms with van der Waals surface area (Å²) in [5.74, 6) is 0.705. The summed E-state index contributed by atoms with van der Waals surface area (Å²) in [6.07, 6.45) is 0. The summed E-state index contributed by atoms with van der Waals surface area (Å²) in [6, 6.07) is 10.5. The number of aryl methyl sites for hydroxylation is 1. The van der Waals surface area contributed by atoms with Crippen LogP contribution in [0.15, 0.2) is 30.3 Å². The van der Waals surface area contributed by atoms with Crippen molar-refractivity contribution in [1.29, 1.82) is 5.26 Å². The topological polar surface area (TPSA) is 90.7 Å². The molecule has 2 N–H and O–H groups in total. The first kappa shape index (κ1) is 16.4. The molecule has 1 aromatic carbocycles. The Morgan fingerprint density at radius 3 is 2.57 bits per heavy atom. The van der Waals surface area contributed by atoms with Crippen molar-refractivity contribution in [2.75, 3.05) is 10.6 Å². The summed E-state index contributed by atoms with van der Waals surface area (Å²) in [6.45, 7) is 7.75. The van der Waals surface area contributed by atoms with Gasteiger partial charge in [-0.25, -0.2) is 9.97 Å². The minimum absolute atomic E-state index is 0.179. The van der Waals surface area contributed by atoms with E-state index in [1.807, 2.05) is 26.8 Å². The first-order valence-electron chi connectivity index (χ1n) is 7.23. The van der Waals surface area contributed by atoms with Crippen molar-refractivity contribution >= 4 is 17.4 Å². The molecule has 0 atom stereocenters. The third-order valence-electron chi connectivity index (χ3n) is 2.87. The van der Waals surface area contributed by atoms with Gasteiger partial charge in [-0.2, -0.15) is 5.26 Å². The van der Waals surface area contributed by atoms with Crippen LogP contribution in [0.5, 0.6) is 0 Å². The van der Waals surface area contributed by atoms with Crippen LogP contribution < -0.4 is 10.6 Å². The lowest BCUT2D eigenvalue weighted by Crippen LogP contribution is -2.27. The van der Waals surface area contributed by atoms with Crippen LogP contribution in [-0.4, -0.2) is 21.4 Å². The van der Waals surface area contributed by atoms with Gasteiger partial charge in [0.05, 0.1) is 11.3 Å². The van der Waals surface area contributed by atoms with E-state index in [4.69, 9.17) is 5.26 Å². The second-order valence-corrected chi connectivity index (χ2v) is 6.17. The van der Waals surface area contributed by atoms with Gasteiger partial charge in [-0.1, -0.05) is 12.1 Å². The van der Waals surface area contributed by atoms with Crippen molar-refractivity contribution in [3.63, 3.8) is 0 Å². The molecule has 0 saturated heterocycles. The fourth-order valence-electron chi connectivity index (χ4n) is 2.01. The molecule has 6 nitrogen and oxygen atoms in total. The Morgan fingerprint density at radius 2 is 1.91 bits per heavy atom. The quantitative estimate of drug-likeness (QED) is 0.909. The first-order valence-corrected chi connectivity index (χ1v) is 7.23. The van der Waals surface area contributed by atoms with E-state index in [1.165, 1.54) is 0 Å². The summed E-state index contributed by atoms with van der Waals surface area (Å²) in [4.78, 5) is 20.9. The minimum Gasteiger partial charge on any atom is -0.365 e. The average molecular weight is 309 g/mol. The number of aromatic nitrogens is 2. The molecule has 1 heterocycles. The van der Waals surface area contributed by atoms with Gasteiger partial charge in [-0.05, 0) is 39.8 Å². The van der Waals surface area contributed by atoms with Crippen LogP contribution in [0.4, 0.5) is 11.5 Å².